The van der Waals surface area contributed by atoms with Gasteiger partial charge in [0.05, 0.1) is 11.2 Å². The molecule has 1 aromatic carbocycles. The van der Waals surface area contributed by atoms with Crippen molar-refractivity contribution in [2.45, 2.75) is 32.9 Å². The zero-order valence-corrected chi connectivity index (χ0v) is 10.8. The summed E-state index contributed by atoms with van der Waals surface area (Å²) in [4.78, 5) is 12.0. The molecule has 0 amide bonds. The normalized spacial score (nSPS) is 11.8. The molecule has 0 aliphatic carbocycles. The van der Waals surface area contributed by atoms with Gasteiger partial charge in [-0.1, -0.05) is 18.2 Å². The van der Waals surface area contributed by atoms with Crippen LogP contribution in [-0.2, 0) is 11.3 Å². The van der Waals surface area contributed by atoms with E-state index in [1.54, 1.807) is 0 Å². The predicted molar refractivity (Wildman–Crippen MR) is 69.3 cm³/mol. The van der Waals surface area contributed by atoms with Crippen molar-refractivity contribution in [3.8, 4) is 0 Å². The first-order valence-corrected chi connectivity index (χ1v) is 5.82. The number of aromatic nitrogens is 2. The first-order chi connectivity index (χ1) is 8.42. The molecule has 0 atom stereocenters. The van der Waals surface area contributed by atoms with E-state index >= 15 is 0 Å². The molecule has 0 aliphatic heterocycles. The van der Waals surface area contributed by atoms with Gasteiger partial charge in [-0.3, -0.25) is 0 Å². The van der Waals surface area contributed by atoms with Crippen LogP contribution in [0.1, 0.15) is 26.5 Å². The largest absolute Gasteiger partial charge is 0.442 e. The van der Waals surface area contributed by atoms with E-state index in [-0.39, 0.29) is 6.54 Å². The van der Waals surface area contributed by atoms with Crippen LogP contribution in [0.2, 0.25) is 0 Å². The summed E-state index contributed by atoms with van der Waals surface area (Å²) < 4.78 is 6.58. The average Bonchev–Trinajstić information content (AvgIpc) is 2.65. The molecule has 96 valence electrons. The molecule has 0 aliphatic rings. The van der Waals surface area contributed by atoms with Gasteiger partial charge in [-0.2, -0.15) is 9.78 Å². The van der Waals surface area contributed by atoms with Crippen molar-refractivity contribution in [3.05, 3.63) is 30.0 Å². The van der Waals surface area contributed by atoms with E-state index in [1.807, 2.05) is 45.0 Å². The third-order valence-corrected chi connectivity index (χ3v) is 2.42. The number of carbonyl (C=O) groups is 1. The monoisotopic (exact) mass is 247 g/mol. The van der Waals surface area contributed by atoms with E-state index in [2.05, 4.69) is 5.10 Å². The van der Waals surface area contributed by atoms with Crippen molar-refractivity contribution in [1.29, 1.82) is 0 Å². The van der Waals surface area contributed by atoms with Crippen molar-refractivity contribution in [2.75, 3.05) is 0 Å². The van der Waals surface area contributed by atoms with Gasteiger partial charge in [-0.05, 0) is 26.8 Å². The Hall–Kier alpha value is -1.88. The first-order valence-electron chi connectivity index (χ1n) is 5.82. The summed E-state index contributed by atoms with van der Waals surface area (Å²) in [5, 5.41) is 5.09. The SMILES string of the molecule is CC(C)(C)OC(=O)n1nc(CN)c2ccccc21. The highest BCUT2D eigenvalue weighted by atomic mass is 16.6. The number of carbonyl (C=O) groups excluding carboxylic acids is 1. The van der Waals surface area contributed by atoms with Crippen LogP contribution in [0.4, 0.5) is 4.79 Å². The third kappa shape index (κ3) is 2.36. The van der Waals surface area contributed by atoms with Crippen LogP contribution in [0.25, 0.3) is 10.9 Å². The smallest absolute Gasteiger partial charge is 0.435 e. The van der Waals surface area contributed by atoms with E-state index in [4.69, 9.17) is 10.5 Å². The summed E-state index contributed by atoms with van der Waals surface area (Å²) in [6, 6.07) is 7.46. The highest BCUT2D eigenvalue weighted by molar-refractivity contribution is 5.89. The molecule has 0 fully saturated rings. The molecule has 1 heterocycles. The fourth-order valence-corrected chi connectivity index (χ4v) is 1.73. The lowest BCUT2D eigenvalue weighted by Gasteiger charge is -2.19. The van der Waals surface area contributed by atoms with Crippen LogP contribution in [0.15, 0.2) is 24.3 Å². The Balaban J connectivity index is 2.48. The topological polar surface area (TPSA) is 70.1 Å². The zero-order chi connectivity index (χ0) is 13.3. The molecule has 2 rings (SSSR count). The van der Waals surface area contributed by atoms with Crippen LogP contribution in [0.3, 0.4) is 0 Å². The molecule has 0 bridgehead atoms. The van der Waals surface area contributed by atoms with Crippen molar-refractivity contribution < 1.29 is 9.53 Å². The highest BCUT2D eigenvalue weighted by Crippen LogP contribution is 2.19. The number of benzene rings is 1. The Labute approximate surface area is 106 Å². The van der Waals surface area contributed by atoms with Crippen molar-refractivity contribution in [3.63, 3.8) is 0 Å². The fourth-order valence-electron chi connectivity index (χ4n) is 1.73. The number of hydrogen-bond donors (Lipinski definition) is 1. The van der Waals surface area contributed by atoms with Gasteiger partial charge in [-0.15, -0.1) is 0 Å². The van der Waals surface area contributed by atoms with E-state index in [0.29, 0.717) is 11.2 Å². The lowest BCUT2D eigenvalue weighted by Crippen LogP contribution is -2.27. The minimum absolute atomic E-state index is 0.288. The molecule has 0 spiro atoms. The van der Waals surface area contributed by atoms with E-state index in [0.717, 1.165) is 5.39 Å². The molecule has 18 heavy (non-hydrogen) atoms. The lowest BCUT2D eigenvalue weighted by molar-refractivity contribution is 0.0522. The molecular formula is C13H17N3O2. The minimum Gasteiger partial charge on any atom is -0.442 e. The molecule has 5 nitrogen and oxygen atoms in total. The third-order valence-electron chi connectivity index (χ3n) is 2.42. The standard InChI is InChI=1S/C13H17N3O2/c1-13(2,3)18-12(17)16-11-7-5-4-6-9(11)10(8-14)15-16/h4-7H,8,14H2,1-3H3. The Kier molecular flexibility index (Phi) is 3.09. The Bertz CT molecular complexity index is 581. The first kappa shape index (κ1) is 12.6. The Morgan fingerprint density at radius 2 is 2.06 bits per heavy atom. The number of hydrogen-bond acceptors (Lipinski definition) is 4. The maximum Gasteiger partial charge on any atom is 0.435 e. The number of ether oxygens (including phenoxy) is 1. The van der Waals surface area contributed by atoms with Crippen LogP contribution in [0, 0.1) is 0 Å². The van der Waals surface area contributed by atoms with Gasteiger partial charge in [0.1, 0.15) is 5.60 Å². The molecule has 0 saturated heterocycles. The summed E-state index contributed by atoms with van der Waals surface area (Å²) in [5.74, 6) is 0. The van der Waals surface area contributed by atoms with Gasteiger partial charge in [-0.25, -0.2) is 4.79 Å². The molecule has 2 N–H and O–H groups in total. The number of nitrogens with two attached hydrogens (primary N) is 1. The second kappa shape index (κ2) is 4.42. The second-order valence-electron chi connectivity index (χ2n) is 5.06. The van der Waals surface area contributed by atoms with Gasteiger partial charge >= 0.3 is 6.09 Å². The number of fused-ring (bicyclic) bond motifs is 1. The predicted octanol–water partition coefficient (Wildman–Crippen LogP) is 2.28. The summed E-state index contributed by atoms with van der Waals surface area (Å²) in [5.41, 5.74) is 6.49. The van der Waals surface area contributed by atoms with Gasteiger partial charge in [0, 0.05) is 11.9 Å². The number of para-hydroxylation sites is 1. The fraction of sp³-hybridized carbons (Fsp3) is 0.385. The van der Waals surface area contributed by atoms with Crippen LogP contribution < -0.4 is 5.73 Å². The average molecular weight is 247 g/mol. The quantitative estimate of drug-likeness (QED) is 0.839. The minimum atomic E-state index is -0.549. The van der Waals surface area contributed by atoms with Crippen LogP contribution in [-0.4, -0.2) is 21.5 Å². The Morgan fingerprint density at radius 1 is 1.39 bits per heavy atom. The number of rotatable bonds is 1. The molecular weight excluding hydrogens is 230 g/mol. The number of nitrogens with zero attached hydrogens (tertiary/aromatic N) is 2. The lowest BCUT2D eigenvalue weighted by atomic mass is 10.2. The van der Waals surface area contributed by atoms with Crippen molar-refractivity contribution >= 4 is 17.0 Å². The molecule has 5 heteroatoms. The molecule has 0 radical (unpaired) electrons. The van der Waals surface area contributed by atoms with Gasteiger partial charge in [0.15, 0.2) is 0 Å². The van der Waals surface area contributed by atoms with Crippen LogP contribution in [0.5, 0.6) is 0 Å². The summed E-state index contributed by atoms with van der Waals surface area (Å²) in [6.45, 7) is 5.75. The molecule has 1 aromatic heterocycles. The Morgan fingerprint density at radius 3 is 2.67 bits per heavy atom. The maximum absolute atomic E-state index is 12.0. The molecule has 0 saturated carbocycles. The maximum atomic E-state index is 12.0. The van der Waals surface area contributed by atoms with E-state index < -0.39 is 11.7 Å². The van der Waals surface area contributed by atoms with E-state index in [1.165, 1.54) is 4.68 Å². The molecule has 0 unspecified atom stereocenters. The molecule has 2 aromatic rings. The van der Waals surface area contributed by atoms with Gasteiger partial charge in [0.2, 0.25) is 0 Å². The summed E-state index contributed by atoms with van der Waals surface area (Å²) in [7, 11) is 0. The van der Waals surface area contributed by atoms with Gasteiger partial charge < -0.3 is 10.5 Å². The summed E-state index contributed by atoms with van der Waals surface area (Å²) in [6.07, 6.45) is -0.488. The van der Waals surface area contributed by atoms with Crippen molar-refractivity contribution in [1.82, 2.24) is 9.78 Å². The van der Waals surface area contributed by atoms with E-state index in [9.17, 15) is 4.79 Å². The van der Waals surface area contributed by atoms with Crippen LogP contribution >= 0.6 is 0 Å². The zero-order valence-electron chi connectivity index (χ0n) is 10.8. The summed E-state index contributed by atoms with van der Waals surface area (Å²) >= 11 is 0. The highest BCUT2D eigenvalue weighted by Gasteiger charge is 2.21. The van der Waals surface area contributed by atoms with Crippen molar-refractivity contribution in [2.24, 2.45) is 5.73 Å². The van der Waals surface area contributed by atoms with Gasteiger partial charge in [0.25, 0.3) is 0 Å². The second-order valence-corrected chi connectivity index (χ2v) is 5.06.